The summed E-state index contributed by atoms with van der Waals surface area (Å²) in [5.41, 5.74) is 0. The molecule has 0 aliphatic rings. The lowest BCUT2D eigenvalue weighted by Crippen LogP contribution is -2.19. The van der Waals surface area contributed by atoms with Crippen molar-refractivity contribution in [3.05, 3.63) is 0 Å². The molecule has 0 aromatic rings. The van der Waals surface area contributed by atoms with Gasteiger partial charge in [-0.3, -0.25) is 9.35 Å². The second kappa shape index (κ2) is 2.83. The Kier molecular flexibility index (Phi) is 2.88. The van der Waals surface area contributed by atoms with Crippen molar-refractivity contribution in [2.45, 2.75) is 4.71 Å². The molecule has 1 atom stereocenters. The lowest BCUT2D eigenvalue weighted by atomic mass is 10.9. The van der Waals surface area contributed by atoms with Crippen molar-refractivity contribution in [3.63, 3.8) is 0 Å². The fraction of sp³-hybridized carbons (Fsp3) is 0.500. The van der Waals surface area contributed by atoms with Gasteiger partial charge >= 0.3 is 0 Å². The van der Waals surface area contributed by atoms with E-state index in [2.05, 4.69) is 11.6 Å². The van der Waals surface area contributed by atoms with Crippen LogP contribution in [0.15, 0.2) is 0 Å². The molecule has 0 bridgehead atoms. The molecule has 54 valence electrons. The van der Waals surface area contributed by atoms with Crippen LogP contribution in [-0.4, -0.2) is 22.9 Å². The molecule has 0 aliphatic heterocycles. The lowest BCUT2D eigenvalue weighted by molar-refractivity contribution is -0.110. The van der Waals surface area contributed by atoms with Crippen LogP contribution in [0, 0.1) is 0 Å². The minimum atomic E-state index is -4.52. The van der Waals surface area contributed by atoms with Gasteiger partial charge in [-0.1, -0.05) is 11.6 Å². The molecule has 0 saturated carbocycles. The van der Waals surface area contributed by atoms with Crippen molar-refractivity contribution < 1.29 is 17.8 Å². The van der Waals surface area contributed by atoms with Crippen LogP contribution >= 0.6 is 23.2 Å². The Morgan fingerprint density at radius 1 is 1.56 bits per heavy atom. The van der Waals surface area contributed by atoms with Crippen LogP contribution in [0.3, 0.4) is 0 Å². The molecule has 4 nitrogen and oxygen atoms in total. The Balaban J connectivity index is 4.43. The Morgan fingerprint density at radius 2 is 1.89 bits per heavy atom. The maximum absolute atomic E-state index is 9.89. The van der Waals surface area contributed by atoms with Gasteiger partial charge in [0.25, 0.3) is 15.4 Å². The number of hydrogen-bond donors (Lipinski definition) is 1. The maximum Gasteiger partial charge on any atom is 0.290 e. The monoisotopic (exact) mass is 192 g/mol. The van der Waals surface area contributed by atoms with Crippen LogP contribution in [0.25, 0.3) is 0 Å². The van der Waals surface area contributed by atoms with Crippen molar-refractivity contribution >= 4 is 38.6 Å². The predicted octanol–water partition coefficient (Wildman–Crippen LogP) is 0.205. The summed E-state index contributed by atoms with van der Waals surface area (Å²) in [5.74, 6) is 0. The van der Waals surface area contributed by atoms with E-state index in [0.29, 0.717) is 0 Å². The minimum absolute atomic E-state index is 1.32. The first kappa shape index (κ1) is 9.16. The highest BCUT2D eigenvalue weighted by Crippen LogP contribution is 2.07. The number of alkyl halides is 1. The van der Waals surface area contributed by atoms with Gasteiger partial charge in [-0.25, -0.2) is 0 Å². The number of carbonyl (C=O) groups excluding carboxylic acids is 1. The molecule has 0 heterocycles. The van der Waals surface area contributed by atoms with E-state index in [1.165, 1.54) is 0 Å². The van der Waals surface area contributed by atoms with Crippen LogP contribution in [0.1, 0.15) is 0 Å². The fourth-order valence-electron chi connectivity index (χ4n) is 0.117. The van der Waals surface area contributed by atoms with Crippen molar-refractivity contribution in [2.24, 2.45) is 0 Å². The van der Waals surface area contributed by atoms with Crippen molar-refractivity contribution in [1.82, 2.24) is 0 Å². The minimum Gasteiger partial charge on any atom is -0.284 e. The molecule has 0 aromatic heterocycles. The van der Waals surface area contributed by atoms with E-state index in [9.17, 15) is 13.2 Å². The normalized spacial score (nSPS) is 15.0. The number of carbonyl (C=O) groups is 1. The van der Waals surface area contributed by atoms with Crippen molar-refractivity contribution in [2.75, 3.05) is 0 Å². The first-order valence-corrected chi connectivity index (χ1v) is 3.97. The Bertz CT molecular complexity index is 207. The molecule has 9 heavy (non-hydrogen) atoms. The molecule has 1 unspecified atom stereocenters. The summed E-state index contributed by atoms with van der Waals surface area (Å²) >= 11 is 9.38. The average Bonchev–Trinajstić information content (AvgIpc) is 1.62. The largest absolute Gasteiger partial charge is 0.290 e. The van der Waals surface area contributed by atoms with E-state index < -0.39 is 20.1 Å². The third kappa shape index (κ3) is 3.00. The summed E-state index contributed by atoms with van der Waals surface area (Å²) in [7, 11) is -4.52. The molecule has 0 saturated heterocycles. The van der Waals surface area contributed by atoms with Gasteiger partial charge in [0.1, 0.15) is 0 Å². The van der Waals surface area contributed by atoms with Gasteiger partial charge in [0.2, 0.25) is 4.71 Å². The summed E-state index contributed by atoms with van der Waals surface area (Å²) < 4.78 is 25.7. The van der Waals surface area contributed by atoms with E-state index in [1.54, 1.807) is 0 Å². The quantitative estimate of drug-likeness (QED) is 0.386. The molecular weight excluding hydrogens is 191 g/mol. The van der Waals surface area contributed by atoms with Crippen LogP contribution < -0.4 is 0 Å². The van der Waals surface area contributed by atoms with Gasteiger partial charge in [0.05, 0.1) is 0 Å². The van der Waals surface area contributed by atoms with Crippen LogP contribution in [0.4, 0.5) is 0 Å². The van der Waals surface area contributed by atoms with Crippen molar-refractivity contribution in [1.29, 1.82) is 0 Å². The van der Waals surface area contributed by atoms with Crippen LogP contribution in [-0.2, 0) is 14.9 Å². The molecule has 0 fully saturated rings. The van der Waals surface area contributed by atoms with Gasteiger partial charge in [-0.15, -0.1) is 0 Å². The molecular formula is C2H2Cl2O4S. The smallest absolute Gasteiger partial charge is 0.284 e. The van der Waals surface area contributed by atoms with E-state index in [-0.39, 0.29) is 0 Å². The topological polar surface area (TPSA) is 71.4 Å². The van der Waals surface area contributed by atoms with Gasteiger partial charge in [-0.05, 0) is 11.6 Å². The fourth-order valence-corrected chi connectivity index (χ4v) is 0.689. The molecule has 0 radical (unpaired) electrons. The van der Waals surface area contributed by atoms with Gasteiger partial charge < -0.3 is 0 Å². The summed E-state index contributed by atoms with van der Waals surface area (Å²) in [6.07, 6.45) is 0. The number of rotatable bonds is 2. The zero-order valence-electron chi connectivity index (χ0n) is 3.91. The number of halogens is 2. The molecule has 0 aliphatic carbocycles. The summed E-state index contributed by atoms with van der Waals surface area (Å²) in [4.78, 5) is 9.88. The van der Waals surface area contributed by atoms with Gasteiger partial charge in [-0.2, -0.15) is 8.42 Å². The first-order chi connectivity index (χ1) is 3.85. The van der Waals surface area contributed by atoms with Crippen molar-refractivity contribution in [3.8, 4) is 0 Å². The Labute approximate surface area is 61.5 Å². The van der Waals surface area contributed by atoms with Gasteiger partial charge in [0, 0.05) is 0 Å². The summed E-state index contributed by atoms with van der Waals surface area (Å²) in [6, 6.07) is 0. The Hall–Kier alpha value is 0.160. The van der Waals surface area contributed by atoms with Gasteiger partial charge in [0.15, 0.2) is 0 Å². The Morgan fingerprint density at radius 3 is 1.89 bits per heavy atom. The van der Waals surface area contributed by atoms with Crippen LogP contribution in [0.5, 0.6) is 0 Å². The predicted molar refractivity (Wildman–Crippen MR) is 32.0 cm³/mol. The standard InChI is InChI=1S/C2H2Cl2O4S/c3-1(5)2(4)9(6,7)8/h2H,(H,6,7,8). The third-order valence-electron chi connectivity index (χ3n) is 0.440. The highest BCUT2D eigenvalue weighted by Gasteiger charge is 2.26. The highest BCUT2D eigenvalue weighted by molar-refractivity contribution is 7.88. The van der Waals surface area contributed by atoms with E-state index in [0.717, 1.165) is 0 Å². The van der Waals surface area contributed by atoms with E-state index in [1.807, 2.05) is 0 Å². The summed E-state index contributed by atoms with van der Waals surface area (Å²) in [6.45, 7) is 0. The molecule has 0 spiro atoms. The zero-order valence-corrected chi connectivity index (χ0v) is 6.24. The SMILES string of the molecule is O=C(Cl)C(Cl)S(=O)(=O)O. The van der Waals surface area contributed by atoms with Crippen LogP contribution in [0.2, 0.25) is 0 Å². The summed E-state index contributed by atoms with van der Waals surface area (Å²) in [5, 5.41) is -1.32. The number of hydrogen-bond acceptors (Lipinski definition) is 3. The maximum atomic E-state index is 9.89. The highest BCUT2D eigenvalue weighted by atomic mass is 35.5. The molecule has 0 aromatic carbocycles. The molecule has 0 amide bonds. The molecule has 0 rings (SSSR count). The second-order valence-corrected chi connectivity index (χ2v) is 3.70. The zero-order chi connectivity index (χ0) is 7.65. The lowest BCUT2D eigenvalue weighted by Gasteiger charge is -1.95. The van der Waals surface area contributed by atoms with E-state index >= 15 is 0 Å². The first-order valence-electron chi connectivity index (χ1n) is 1.65. The van der Waals surface area contributed by atoms with E-state index in [4.69, 9.17) is 16.2 Å². The molecule has 7 heteroatoms. The second-order valence-electron chi connectivity index (χ2n) is 1.14. The third-order valence-corrected chi connectivity index (χ3v) is 2.51. The molecule has 1 N–H and O–H groups in total. The average molecular weight is 193 g/mol.